The third-order valence-corrected chi connectivity index (χ3v) is 2.85. The number of ether oxygens (including phenoxy) is 1. The van der Waals surface area contributed by atoms with E-state index in [4.69, 9.17) is 10.5 Å². The smallest absolute Gasteiger partial charge is 0.123 e. The Kier molecular flexibility index (Phi) is 6.11. The second kappa shape index (κ2) is 7.37. The van der Waals surface area contributed by atoms with E-state index in [-0.39, 0.29) is 11.9 Å². The molecule has 0 amide bonds. The van der Waals surface area contributed by atoms with Crippen molar-refractivity contribution in [3.05, 3.63) is 35.6 Å². The van der Waals surface area contributed by atoms with Crippen LogP contribution in [0.15, 0.2) is 24.3 Å². The Hall–Kier alpha value is -0.970. The van der Waals surface area contributed by atoms with E-state index in [9.17, 15) is 4.39 Å². The molecule has 0 heterocycles. The van der Waals surface area contributed by atoms with Crippen molar-refractivity contribution in [3.63, 3.8) is 0 Å². The monoisotopic (exact) mass is 240 g/mol. The predicted molar refractivity (Wildman–Crippen MR) is 67.3 cm³/mol. The van der Waals surface area contributed by atoms with E-state index in [1.165, 1.54) is 6.07 Å². The minimum atomic E-state index is -0.216. The van der Waals surface area contributed by atoms with Crippen molar-refractivity contribution < 1.29 is 9.13 Å². The molecule has 1 rings (SSSR count). The number of benzene rings is 1. The van der Waals surface area contributed by atoms with Gasteiger partial charge in [-0.15, -0.1) is 0 Å². The van der Waals surface area contributed by atoms with Gasteiger partial charge in [0.2, 0.25) is 0 Å². The van der Waals surface area contributed by atoms with Crippen LogP contribution in [-0.2, 0) is 4.74 Å². The molecular formula is C13H21FN2O. The first-order chi connectivity index (χ1) is 8.19. The van der Waals surface area contributed by atoms with Crippen LogP contribution in [0.5, 0.6) is 0 Å². The van der Waals surface area contributed by atoms with Crippen LogP contribution in [0.2, 0.25) is 0 Å². The maximum atomic E-state index is 13.2. The van der Waals surface area contributed by atoms with Crippen molar-refractivity contribution in [1.29, 1.82) is 0 Å². The average Bonchev–Trinajstić information content (AvgIpc) is 2.30. The second-order valence-corrected chi connectivity index (χ2v) is 4.13. The van der Waals surface area contributed by atoms with E-state index in [1.54, 1.807) is 19.2 Å². The lowest BCUT2D eigenvalue weighted by Crippen LogP contribution is -2.31. The molecule has 0 aromatic heterocycles. The molecule has 96 valence electrons. The molecule has 0 bridgehead atoms. The van der Waals surface area contributed by atoms with Gasteiger partial charge in [0.1, 0.15) is 5.82 Å². The molecule has 3 nitrogen and oxygen atoms in total. The Balaban J connectivity index is 2.63. The normalized spacial score (nSPS) is 13.0. The highest BCUT2D eigenvalue weighted by molar-refractivity contribution is 5.20. The van der Waals surface area contributed by atoms with E-state index >= 15 is 0 Å². The van der Waals surface area contributed by atoms with E-state index in [0.29, 0.717) is 6.54 Å². The Bertz CT molecular complexity index is 333. The van der Waals surface area contributed by atoms with Gasteiger partial charge in [-0.2, -0.15) is 0 Å². The van der Waals surface area contributed by atoms with Crippen LogP contribution < -0.4 is 5.73 Å². The standard InChI is InChI=1S/C13H21FN2O/c1-16(7-4-8-17-2)13(10-15)11-5-3-6-12(14)9-11/h3,5-6,9,13H,4,7-8,10,15H2,1-2H3. The van der Waals surface area contributed by atoms with Gasteiger partial charge in [0, 0.05) is 32.8 Å². The van der Waals surface area contributed by atoms with Crippen molar-refractivity contribution in [3.8, 4) is 0 Å². The summed E-state index contributed by atoms with van der Waals surface area (Å²) in [6, 6.07) is 6.68. The lowest BCUT2D eigenvalue weighted by Gasteiger charge is -2.27. The molecule has 0 radical (unpaired) electrons. The largest absolute Gasteiger partial charge is 0.385 e. The van der Waals surface area contributed by atoms with Crippen LogP contribution in [0.4, 0.5) is 4.39 Å². The summed E-state index contributed by atoms with van der Waals surface area (Å²) in [7, 11) is 3.69. The molecule has 0 aliphatic rings. The highest BCUT2D eigenvalue weighted by Gasteiger charge is 2.15. The zero-order chi connectivity index (χ0) is 12.7. The van der Waals surface area contributed by atoms with Crippen molar-refractivity contribution in [2.24, 2.45) is 5.73 Å². The summed E-state index contributed by atoms with van der Waals surface area (Å²) in [6.45, 7) is 2.09. The Morgan fingerprint density at radius 2 is 2.24 bits per heavy atom. The third kappa shape index (κ3) is 4.42. The van der Waals surface area contributed by atoms with Gasteiger partial charge in [0.15, 0.2) is 0 Å². The van der Waals surface area contributed by atoms with Gasteiger partial charge in [0.25, 0.3) is 0 Å². The van der Waals surface area contributed by atoms with Crippen LogP contribution in [0.1, 0.15) is 18.0 Å². The minimum Gasteiger partial charge on any atom is -0.385 e. The fourth-order valence-electron chi connectivity index (χ4n) is 1.90. The summed E-state index contributed by atoms with van der Waals surface area (Å²) in [6.07, 6.45) is 0.943. The zero-order valence-electron chi connectivity index (χ0n) is 10.5. The molecule has 4 heteroatoms. The van der Waals surface area contributed by atoms with Crippen LogP contribution in [0, 0.1) is 5.82 Å². The summed E-state index contributed by atoms with van der Waals surface area (Å²) in [4.78, 5) is 2.13. The van der Waals surface area contributed by atoms with Gasteiger partial charge in [-0.1, -0.05) is 12.1 Å². The average molecular weight is 240 g/mol. The van der Waals surface area contributed by atoms with Crippen LogP contribution in [0.25, 0.3) is 0 Å². The van der Waals surface area contributed by atoms with Gasteiger partial charge in [-0.3, -0.25) is 4.90 Å². The predicted octanol–water partition coefficient (Wildman–Crippen LogP) is 1.79. The van der Waals surface area contributed by atoms with Crippen LogP contribution in [-0.4, -0.2) is 38.8 Å². The Morgan fingerprint density at radius 1 is 1.47 bits per heavy atom. The number of hydrogen-bond donors (Lipinski definition) is 1. The van der Waals surface area contributed by atoms with Gasteiger partial charge in [0.05, 0.1) is 0 Å². The number of nitrogens with zero attached hydrogens (tertiary/aromatic N) is 1. The number of methoxy groups -OCH3 is 1. The van der Waals surface area contributed by atoms with Crippen molar-refractivity contribution in [1.82, 2.24) is 4.90 Å². The van der Waals surface area contributed by atoms with Gasteiger partial charge in [-0.05, 0) is 31.2 Å². The second-order valence-electron chi connectivity index (χ2n) is 4.13. The first-order valence-electron chi connectivity index (χ1n) is 5.83. The van der Waals surface area contributed by atoms with Gasteiger partial charge in [-0.25, -0.2) is 4.39 Å². The quantitative estimate of drug-likeness (QED) is 0.738. The SMILES string of the molecule is COCCCN(C)C(CN)c1cccc(F)c1. The topological polar surface area (TPSA) is 38.5 Å². The van der Waals surface area contributed by atoms with Crippen molar-refractivity contribution >= 4 is 0 Å². The molecule has 0 saturated heterocycles. The molecule has 1 atom stereocenters. The van der Waals surface area contributed by atoms with Crippen LogP contribution in [0.3, 0.4) is 0 Å². The summed E-state index contributed by atoms with van der Waals surface area (Å²) in [5.74, 6) is -0.216. The molecule has 0 fully saturated rings. The summed E-state index contributed by atoms with van der Waals surface area (Å²) < 4.78 is 18.2. The van der Waals surface area contributed by atoms with Crippen molar-refractivity contribution in [2.45, 2.75) is 12.5 Å². The first-order valence-corrected chi connectivity index (χ1v) is 5.83. The minimum absolute atomic E-state index is 0.0579. The van der Waals surface area contributed by atoms with E-state index in [1.807, 2.05) is 13.1 Å². The first kappa shape index (κ1) is 14.1. The summed E-state index contributed by atoms with van der Waals surface area (Å²) in [5, 5.41) is 0. The highest BCUT2D eigenvalue weighted by Crippen LogP contribution is 2.19. The number of rotatable bonds is 7. The molecule has 1 aromatic rings. The summed E-state index contributed by atoms with van der Waals surface area (Å²) in [5.41, 5.74) is 6.69. The maximum Gasteiger partial charge on any atom is 0.123 e. The zero-order valence-corrected chi connectivity index (χ0v) is 10.5. The van der Waals surface area contributed by atoms with E-state index in [0.717, 1.165) is 25.1 Å². The molecule has 1 unspecified atom stereocenters. The Labute approximate surface area is 102 Å². The number of hydrogen-bond acceptors (Lipinski definition) is 3. The van der Waals surface area contributed by atoms with E-state index in [2.05, 4.69) is 4.90 Å². The van der Waals surface area contributed by atoms with E-state index < -0.39 is 0 Å². The molecule has 0 spiro atoms. The fourth-order valence-corrected chi connectivity index (χ4v) is 1.90. The third-order valence-electron chi connectivity index (χ3n) is 2.85. The molecule has 0 saturated carbocycles. The molecule has 1 aromatic carbocycles. The number of likely N-dealkylation sites (N-methyl/N-ethyl adjacent to an activating group) is 1. The van der Waals surface area contributed by atoms with Crippen molar-refractivity contribution in [2.75, 3.05) is 33.9 Å². The molecule has 2 N–H and O–H groups in total. The lowest BCUT2D eigenvalue weighted by molar-refractivity contribution is 0.166. The van der Waals surface area contributed by atoms with Gasteiger partial charge >= 0.3 is 0 Å². The maximum absolute atomic E-state index is 13.2. The van der Waals surface area contributed by atoms with Crippen LogP contribution >= 0.6 is 0 Å². The molecule has 0 aliphatic heterocycles. The number of halogens is 1. The molecule has 0 aliphatic carbocycles. The molecular weight excluding hydrogens is 219 g/mol. The Morgan fingerprint density at radius 3 is 2.82 bits per heavy atom. The van der Waals surface area contributed by atoms with Gasteiger partial charge < -0.3 is 10.5 Å². The number of nitrogens with two attached hydrogens (primary N) is 1. The lowest BCUT2D eigenvalue weighted by atomic mass is 10.1. The molecule has 17 heavy (non-hydrogen) atoms. The fraction of sp³-hybridized carbons (Fsp3) is 0.538. The highest BCUT2D eigenvalue weighted by atomic mass is 19.1. The summed E-state index contributed by atoms with van der Waals surface area (Å²) >= 11 is 0.